The molecule has 31 heavy (non-hydrogen) atoms. The number of carbonyl (C=O) groups is 2. The molecule has 3 aromatic rings. The number of fused-ring (bicyclic) bond motifs is 1. The Kier molecular flexibility index (Phi) is 8.01. The number of rotatable bonds is 10. The van der Waals surface area contributed by atoms with Gasteiger partial charge in [-0.15, -0.1) is 0 Å². The molecule has 0 saturated heterocycles. The van der Waals surface area contributed by atoms with Gasteiger partial charge < -0.3 is 20.1 Å². The summed E-state index contributed by atoms with van der Waals surface area (Å²) in [6.07, 6.45) is 0.525. The molecule has 6 nitrogen and oxygen atoms in total. The molecule has 0 saturated carbocycles. The molecule has 162 valence electrons. The monoisotopic (exact) mass is 420 g/mol. The number of hydrogen-bond acceptors (Lipinski definition) is 4. The van der Waals surface area contributed by atoms with Crippen LogP contribution in [0.5, 0.6) is 5.75 Å². The van der Waals surface area contributed by atoms with Gasteiger partial charge in [-0.05, 0) is 47.9 Å². The van der Waals surface area contributed by atoms with Crippen molar-refractivity contribution in [1.29, 1.82) is 0 Å². The molecule has 0 radical (unpaired) electrons. The van der Waals surface area contributed by atoms with E-state index in [1.807, 2.05) is 49.4 Å². The van der Waals surface area contributed by atoms with Crippen molar-refractivity contribution >= 4 is 28.3 Å². The van der Waals surface area contributed by atoms with E-state index in [2.05, 4.69) is 10.6 Å². The Balaban J connectivity index is 1.68. The van der Waals surface area contributed by atoms with Gasteiger partial charge in [-0.25, -0.2) is 0 Å². The fourth-order valence-corrected chi connectivity index (χ4v) is 3.24. The zero-order valence-electron chi connectivity index (χ0n) is 17.9. The number of hydrogen-bond donors (Lipinski definition) is 2. The van der Waals surface area contributed by atoms with Gasteiger partial charge in [0.15, 0.2) is 6.10 Å². The van der Waals surface area contributed by atoms with E-state index >= 15 is 0 Å². The summed E-state index contributed by atoms with van der Waals surface area (Å²) in [6.45, 7) is 2.96. The summed E-state index contributed by atoms with van der Waals surface area (Å²) in [5, 5.41) is 7.85. The number of amides is 2. The molecule has 1 unspecified atom stereocenters. The second kappa shape index (κ2) is 11.1. The van der Waals surface area contributed by atoms with Crippen LogP contribution < -0.4 is 15.4 Å². The Labute approximate surface area is 182 Å². The lowest BCUT2D eigenvalue weighted by Gasteiger charge is -2.19. The molecule has 0 spiro atoms. The van der Waals surface area contributed by atoms with Gasteiger partial charge in [0.25, 0.3) is 11.8 Å². The molecule has 3 aromatic carbocycles. The molecule has 0 bridgehead atoms. The van der Waals surface area contributed by atoms with Gasteiger partial charge in [0.05, 0.1) is 11.3 Å². The van der Waals surface area contributed by atoms with Gasteiger partial charge in [-0.2, -0.15) is 0 Å². The van der Waals surface area contributed by atoms with Gasteiger partial charge in [0, 0.05) is 20.3 Å². The second-order valence-electron chi connectivity index (χ2n) is 7.16. The van der Waals surface area contributed by atoms with Crippen LogP contribution in [0.15, 0.2) is 66.7 Å². The summed E-state index contributed by atoms with van der Waals surface area (Å²) in [5.41, 5.74) is 0.867. The van der Waals surface area contributed by atoms with Crippen LogP contribution in [0.4, 0.5) is 5.69 Å². The first kappa shape index (κ1) is 22.3. The molecule has 0 aliphatic rings. The number of ether oxygens (including phenoxy) is 2. The van der Waals surface area contributed by atoms with Crippen LogP contribution in [0, 0.1) is 0 Å². The maximum absolute atomic E-state index is 12.9. The van der Waals surface area contributed by atoms with E-state index in [-0.39, 0.29) is 11.8 Å². The first-order chi connectivity index (χ1) is 15.1. The number of methoxy groups -OCH3 is 1. The normalized spacial score (nSPS) is 11.7. The molecule has 1 atom stereocenters. The Morgan fingerprint density at radius 1 is 0.968 bits per heavy atom. The Hall–Kier alpha value is -3.38. The third-order valence-corrected chi connectivity index (χ3v) is 4.90. The van der Waals surface area contributed by atoms with Gasteiger partial charge in [-0.3, -0.25) is 9.59 Å². The zero-order chi connectivity index (χ0) is 22.1. The highest BCUT2D eigenvalue weighted by Crippen LogP contribution is 2.23. The highest BCUT2D eigenvalue weighted by Gasteiger charge is 2.21. The molecule has 0 aliphatic heterocycles. The molecule has 2 N–H and O–H groups in total. The van der Waals surface area contributed by atoms with Crippen molar-refractivity contribution in [2.45, 2.75) is 25.9 Å². The lowest BCUT2D eigenvalue weighted by atomic mass is 10.1. The topological polar surface area (TPSA) is 76.7 Å². The molecular weight excluding hydrogens is 392 g/mol. The van der Waals surface area contributed by atoms with Crippen LogP contribution in [-0.4, -0.2) is 38.2 Å². The van der Waals surface area contributed by atoms with Crippen LogP contribution in [0.1, 0.15) is 30.1 Å². The number of para-hydroxylation sites is 1. The van der Waals surface area contributed by atoms with Crippen LogP contribution in [0.25, 0.3) is 10.8 Å². The minimum absolute atomic E-state index is 0.240. The summed E-state index contributed by atoms with van der Waals surface area (Å²) in [5.74, 6) is 0.0932. The first-order valence-electron chi connectivity index (χ1n) is 10.4. The summed E-state index contributed by atoms with van der Waals surface area (Å²) < 4.78 is 11.0. The Morgan fingerprint density at radius 2 is 1.71 bits per heavy atom. The van der Waals surface area contributed by atoms with Crippen LogP contribution in [0.2, 0.25) is 0 Å². The van der Waals surface area contributed by atoms with E-state index in [1.54, 1.807) is 31.4 Å². The van der Waals surface area contributed by atoms with E-state index < -0.39 is 6.10 Å². The van der Waals surface area contributed by atoms with E-state index in [1.165, 1.54) is 0 Å². The van der Waals surface area contributed by atoms with Crippen molar-refractivity contribution in [2.75, 3.05) is 25.6 Å². The second-order valence-corrected chi connectivity index (χ2v) is 7.16. The zero-order valence-corrected chi connectivity index (χ0v) is 17.9. The van der Waals surface area contributed by atoms with E-state index in [0.717, 1.165) is 10.8 Å². The number of anilines is 1. The fraction of sp³-hybridized carbons (Fsp3) is 0.280. The maximum atomic E-state index is 12.9. The van der Waals surface area contributed by atoms with Crippen LogP contribution in [0.3, 0.4) is 0 Å². The number of nitrogens with one attached hydrogen (secondary N) is 2. The molecule has 0 aromatic heterocycles. The maximum Gasteiger partial charge on any atom is 0.265 e. The van der Waals surface area contributed by atoms with Gasteiger partial charge >= 0.3 is 0 Å². The van der Waals surface area contributed by atoms with E-state index in [4.69, 9.17) is 9.47 Å². The third kappa shape index (κ3) is 6.06. The van der Waals surface area contributed by atoms with E-state index in [9.17, 15) is 9.59 Å². The molecule has 0 fully saturated rings. The summed E-state index contributed by atoms with van der Waals surface area (Å²) in [4.78, 5) is 25.4. The van der Waals surface area contributed by atoms with Crippen molar-refractivity contribution in [2.24, 2.45) is 0 Å². The summed E-state index contributed by atoms with van der Waals surface area (Å²) in [6, 6.07) is 20.7. The molecule has 2 amide bonds. The predicted octanol–water partition coefficient (Wildman–Crippen LogP) is 4.40. The predicted molar refractivity (Wildman–Crippen MR) is 123 cm³/mol. The average Bonchev–Trinajstić information content (AvgIpc) is 2.80. The summed E-state index contributed by atoms with van der Waals surface area (Å²) in [7, 11) is 1.62. The minimum atomic E-state index is -0.681. The Bertz CT molecular complexity index is 1030. The lowest BCUT2D eigenvalue weighted by molar-refractivity contribution is -0.122. The van der Waals surface area contributed by atoms with Crippen molar-refractivity contribution in [3.8, 4) is 5.75 Å². The van der Waals surface area contributed by atoms with Gasteiger partial charge in [0.2, 0.25) is 0 Å². The molecule has 0 aliphatic carbocycles. The SMILES string of the molecule is CCC(Oc1ccc2ccccc2c1)C(=O)Nc1ccccc1C(=O)NCCCOC. The molecule has 0 heterocycles. The molecule has 3 rings (SSSR count). The largest absolute Gasteiger partial charge is 0.481 e. The van der Waals surface area contributed by atoms with Gasteiger partial charge in [0.1, 0.15) is 5.75 Å². The summed E-state index contributed by atoms with van der Waals surface area (Å²) >= 11 is 0. The standard InChI is InChI=1S/C25H28N2O4/c1-3-23(31-20-14-13-18-9-4-5-10-19(18)17-20)25(29)27-22-12-7-6-11-21(22)24(28)26-15-8-16-30-2/h4-7,9-14,17,23H,3,8,15-16H2,1-2H3,(H,26,28)(H,27,29). The highest BCUT2D eigenvalue weighted by molar-refractivity contribution is 6.04. The van der Waals surface area contributed by atoms with Crippen molar-refractivity contribution < 1.29 is 19.1 Å². The number of benzene rings is 3. The first-order valence-corrected chi connectivity index (χ1v) is 10.4. The minimum Gasteiger partial charge on any atom is -0.481 e. The van der Waals surface area contributed by atoms with Crippen molar-refractivity contribution in [3.63, 3.8) is 0 Å². The van der Waals surface area contributed by atoms with Crippen molar-refractivity contribution in [1.82, 2.24) is 5.32 Å². The lowest BCUT2D eigenvalue weighted by Crippen LogP contribution is -2.33. The average molecular weight is 421 g/mol. The molecular formula is C25H28N2O4. The third-order valence-electron chi connectivity index (χ3n) is 4.90. The smallest absolute Gasteiger partial charge is 0.265 e. The Morgan fingerprint density at radius 3 is 2.48 bits per heavy atom. The van der Waals surface area contributed by atoms with Crippen LogP contribution >= 0.6 is 0 Å². The quantitative estimate of drug-likeness (QED) is 0.477. The molecule has 6 heteroatoms. The van der Waals surface area contributed by atoms with E-state index in [0.29, 0.717) is 43.0 Å². The number of carbonyl (C=O) groups excluding carboxylic acids is 2. The van der Waals surface area contributed by atoms with Gasteiger partial charge in [-0.1, -0.05) is 49.4 Å². The van der Waals surface area contributed by atoms with Crippen molar-refractivity contribution in [3.05, 3.63) is 72.3 Å². The van der Waals surface area contributed by atoms with Crippen LogP contribution in [-0.2, 0) is 9.53 Å². The fourth-order valence-electron chi connectivity index (χ4n) is 3.24. The highest BCUT2D eigenvalue weighted by atomic mass is 16.5.